The molecule has 0 saturated carbocycles. The van der Waals surface area contributed by atoms with Gasteiger partial charge in [0.15, 0.2) is 0 Å². The van der Waals surface area contributed by atoms with Crippen molar-refractivity contribution >= 4 is 5.97 Å². The molecule has 1 aliphatic carbocycles. The molecule has 1 aliphatic rings. The van der Waals surface area contributed by atoms with Gasteiger partial charge in [0.2, 0.25) is 0 Å². The van der Waals surface area contributed by atoms with Crippen LogP contribution in [-0.4, -0.2) is 21.8 Å². The van der Waals surface area contributed by atoms with Crippen LogP contribution < -0.4 is 0 Å². The first-order valence-corrected chi connectivity index (χ1v) is 8.22. The fourth-order valence-electron chi connectivity index (χ4n) is 4.45. The zero-order valence-corrected chi connectivity index (χ0v) is 14.6. The van der Waals surface area contributed by atoms with Crippen molar-refractivity contribution in [2.45, 2.75) is 59.0 Å². The highest BCUT2D eigenvalue weighted by Crippen LogP contribution is 2.51. The Balaban J connectivity index is 2.61. The summed E-state index contributed by atoms with van der Waals surface area (Å²) in [7, 11) is 0. The number of fused-ring (bicyclic) bond motifs is 1. The van der Waals surface area contributed by atoms with Crippen LogP contribution in [0.4, 0.5) is 4.39 Å². The molecule has 2 rings (SSSR count). The quantitative estimate of drug-likeness (QED) is 0.884. The van der Waals surface area contributed by atoms with E-state index in [-0.39, 0.29) is 17.7 Å². The standard InChI is InChI=1S/C19H27FO3/c1-11(2)15-14-7-6-13(20)10-12(14)8-9-19(15,23)16(17(21)22)18(3,4)5/h6-7,10-11,15-16,23H,8-9H2,1-5H3,(H,21,22)/t15?,16-,19?/m0/s1. The summed E-state index contributed by atoms with van der Waals surface area (Å²) in [6.45, 7) is 9.51. The van der Waals surface area contributed by atoms with E-state index in [0.717, 1.165) is 11.1 Å². The molecule has 0 saturated heterocycles. The highest BCUT2D eigenvalue weighted by atomic mass is 19.1. The maximum Gasteiger partial charge on any atom is 0.309 e. The first-order chi connectivity index (χ1) is 10.5. The predicted octanol–water partition coefficient (Wildman–Crippen LogP) is 3.99. The molecule has 0 bridgehead atoms. The van der Waals surface area contributed by atoms with E-state index in [0.29, 0.717) is 12.8 Å². The summed E-state index contributed by atoms with van der Waals surface area (Å²) in [5, 5.41) is 21.3. The van der Waals surface area contributed by atoms with Gasteiger partial charge in [-0.05, 0) is 47.4 Å². The number of rotatable bonds is 3. The largest absolute Gasteiger partial charge is 0.481 e. The van der Waals surface area contributed by atoms with Crippen LogP contribution in [0.5, 0.6) is 0 Å². The van der Waals surface area contributed by atoms with Crippen molar-refractivity contribution in [3.63, 3.8) is 0 Å². The zero-order chi connectivity index (χ0) is 17.6. The smallest absolute Gasteiger partial charge is 0.309 e. The average Bonchev–Trinajstić information content (AvgIpc) is 2.35. The molecule has 3 nitrogen and oxygen atoms in total. The number of carboxylic acid groups (broad SMARTS) is 1. The summed E-state index contributed by atoms with van der Waals surface area (Å²) in [5.74, 6) is -2.43. The molecule has 0 amide bonds. The monoisotopic (exact) mass is 322 g/mol. The van der Waals surface area contributed by atoms with Gasteiger partial charge in [0.25, 0.3) is 0 Å². The molecule has 0 radical (unpaired) electrons. The van der Waals surface area contributed by atoms with Crippen LogP contribution in [0.2, 0.25) is 0 Å². The van der Waals surface area contributed by atoms with E-state index >= 15 is 0 Å². The lowest BCUT2D eigenvalue weighted by Crippen LogP contribution is -2.55. The van der Waals surface area contributed by atoms with Crippen molar-refractivity contribution in [3.05, 3.63) is 35.1 Å². The van der Waals surface area contributed by atoms with Crippen LogP contribution in [0, 0.1) is 23.1 Å². The second-order valence-electron chi connectivity index (χ2n) is 8.19. The molecule has 1 aromatic rings. The number of carbonyl (C=O) groups is 1. The van der Waals surface area contributed by atoms with Gasteiger partial charge < -0.3 is 10.2 Å². The van der Waals surface area contributed by atoms with E-state index in [4.69, 9.17) is 0 Å². The molecule has 0 spiro atoms. The molecule has 3 atom stereocenters. The number of aliphatic hydroxyl groups is 1. The molecule has 1 aromatic carbocycles. The van der Waals surface area contributed by atoms with Gasteiger partial charge in [0, 0.05) is 5.92 Å². The Hall–Kier alpha value is -1.42. The molecule has 4 heteroatoms. The lowest BCUT2D eigenvalue weighted by molar-refractivity contribution is -0.168. The Morgan fingerprint density at radius 1 is 1.35 bits per heavy atom. The summed E-state index contributed by atoms with van der Waals surface area (Å²) in [5.41, 5.74) is -0.161. The topological polar surface area (TPSA) is 57.5 Å². The predicted molar refractivity (Wildman–Crippen MR) is 87.8 cm³/mol. The van der Waals surface area contributed by atoms with Crippen LogP contribution in [0.15, 0.2) is 18.2 Å². The number of hydrogen-bond donors (Lipinski definition) is 2. The molecular weight excluding hydrogens is 295 g/mol. The second kappa shape index (κ2) is 5.90. The van der Waals surface area contributed by atoms with Crippen molar-refractivity contribution in [2.75, 3.05) is 0 Å². The Morgan fingerprint density at radius 3 is 2.43 bits per heavy atom. The van der Waals surface area contributed by atoms with Crippen LogP contribution >= 0.6 is 0 Å². The minimum atomic E-state index is -1.34. The third-order valence-electron chi connectivity index (χ3n) is 5.05. The number of aliphatic carboxylic acids is 1. The minimum Gasteiger partial charge on any atom is -0.481 e. The summed E-state index contributed by atoms with van der Waals surface area (Å²) >= 11 is 0. The van der Waals surface area contributed by atoms with Crippen molar-refractivity contribution in [2.24, 2.45) is 17.3 Å². The van der Waals surface area contributed by atoms with E-state index in [9.17, 15) is 19.4 Å². The lowest BCUT2D eigenvalue weighted by Gasteiger charge is -2.50. The molecule has 0 aliphatic heterocycles. The number of hydrogen-bond acceptors (Lipinski definition) is 2. The molecule has 23 heavy (non-hydrogen) atoms. The highest BCUT2D eigenvalue weighted by molar-refractivity contribution is 5.73. The van der Waals surface area contributed by atoms with Gasteiger partial charge in [-0.25, -0.2) is 4.39 Å². The highest BCUT2D eigenvalue weighted by Gasteiger charge is 2.55. The van der Waals surface area contributed by atoms with Gasteiger partial charge in [0.05, 0.1) is 11.5 Å². The van der Waals surface area contributed by atoms with Crippen molar-refractivity contribution in [3.8, 4) is 0 Å². The lowest BCUT2D eigenvalue weighted by atomic mass is 9.57. The molecule has 2 N–H and O–H groups in total. The summed E-state index contributed by atoms with van der Waals surface area (Å²) in [4.78, 5) is 12.0. The number of benzene rings is 1. The fraction of sp³-hybridized carbons (Fsp3) is 0.632. The van der Waals surface area contributed by atoms with Gasteiger partial charge >= 0.3 is 5.97 Å². The van der Waals surface area contributed by atoms with E-state index in [2.05, 4.69) is 0 Å². The molecule has 0 heterocycles. The average molecular weight is 322 g/mol. The summed E-state index contributed by atoms with van der Waals surface area (Å²) in [6, 6.07) is 4.62. The third-order valence-corrected chi connectivity index (χ3v) is 5.05. The van der Waals surface area contributed by atoms with Crippen molar-refractivity contribution in [1.82, 2.24) is 0 Å². The first-order valence-electron chi connectivity index (χ1n) is 8.22. The van der Waals surface area contributed by atoms with Gasteiger partial charge in [-0.1, -0.05) is 40.7 Å². The Morgan fingerprint density at radius 2 is 1.96 bits per heavy atom. The number of aryl methyl sites for hydroxylation is 1. The van der Waals surface area contributed by atoms with Crippen molar-refractivity contribution < 1.29 is 19.4 Å². The molecular formula is C19H27FO3. The number of carboxylic acids is 1. The maximum atomic E-state index is 13.5. The maximum absolute atomic E-state index is 13.5. The van der Waals surface area contributed by atoms with E-state index in [1.807, 2.05) is 34.6 Å². The molecule has 0 aromatic heterocycles. The first kappa shape index (κ1) is 17.9. The molecule has 128 valence electrons. The Bertz CT molecular complexity index is 603. The Labute approximate surface area is 137 Å². The number of halogens is 1. The van der Waals surface area contributed by atoms with Crippen molar-refractivity contribution in [1.29, 1.82) is 0 Å². The third kappa shape index (κ3) is 3.14. The van der Waals surface area contributed by atoms with Gasteiger partial charge in [-0.15, -0.1) is 0 Å². The van der Waals surface area contributed by atoms with Crippen LogP contribution in [0.1, 0.15) is 58.1 Å². The SMILES string of the molecule is CC(C)C1c2ccc(F)cc2CCC1(O)[C@@H](C(=O)O)C(C)(C)C. The van der Waals surface area contributed by atoms with E-state index < -0.39 is 22.9 Å². The second-order valence-corrected chi connectivity index (χ2v) is 8.19. The summed E-state index contributed by atoms with van der Waals surface area (Å²) < 4.78 is 13.5. The van der Waals surface area contributed by atoms with E-state index in [1.165, 1.54) is 12.1 Å². The Kier molecular flexibility index (Phi) is 4.60. The molecule has 2 unspecified atom stereocenters. The van der Waals surface area contributed by atoms with Gasteiger partial charge in [0.1, 0.15) is 5.82 Å². The van der Waals surface area contributed by atoms with Gasteiger partial charge in [-0.3, -0.25) is 4.79 Å². The normalized spacial score (nSPS) is 26.0. The minimum absolute atomic E-state index is 0.0497. The molecule has 0 fully saturated rings. The fourth-order valence-corrected chi connectivity index (χ4v) is 4.45. The zero-order valence-electron chi connectivity index (χ0n) is 14.6. The van der Waals surface area contributed by atoms with Crippen LogP contribution in [-0.2, 0) is 11.2 Å². The van der Waals surface area contributed by atoms with Gasteiger partial charge in [-0.2, -0.15) is 0 Å². The summed E-state index contributed by atoms with van der Waals surface area (Å²) in [6.07, 6.45) is 0.827. The van der Waals surface area contributed by atoms with Crippen LogP contribution in [0.25, 0.3) is 0 Å². The van der Waals surface area contributed by atoms with Crippen LogP contribution in [0.3, 0.4) is 0 Å². The van der Waals surface area contributed by atoms with E-state index in [1.54, 1.807) is 6.07 Å².